The van der Waals surface area contributed by atoms with E-state index in [4.69, 9.17) is 0 Å². The molecule has 1 heterocycles. The van der Waals surface area contributed by atoms with Crippen LogP contribution in [0.25, 0.3) is 0 Å². The first-order chi connectivity index (χ1) is 15.8. The highest BCUT2D eigenvalue weighted by Crippen LogP contribution is 2.17. The van der Waals surface area contributed by atoms with Gasteiger partial charge in [0.25, 0.3) is 0 Å². The first-order valence-corrected chi connectivity index (χ1v) is 12.7. The van der Waals surface area contributed by atoms with Crippen LogP contribution in [0, 0.1) is 5.82 Å². The molecule has 0 spiro atoms. The lowest BCUT2D eigenvalue weighted by Gasteiger charge is -2.35. The summed E-state index contributed by atoms with van der Waals surface area (Å²) in [7, 11) is -0.138. The summed E-state index contributed by atoms with van der Waals surface area (Å²) in [5.74, 6) is -0.594. The van der Waals surface area contributed by atoms with Gasteiger partial charge in [-0.25, -0.2) is 17.1 Å². The number of rotatable bonds is 10. The molecule has 0 saturated carbocycles. The van der Waals surface area contributed by atoms with Crippen molar-refractivity contribution in [3.05, 3.63) is 66.0 Å². The summed E-state index contributed by atoms with van der Waals surface area (Å²) in [6.45, 7) is 4.86. The molecule has 1 fully saturated rings. The van der Waals surface area contributed by atoms with Crippen LogP contribution in [0.4, 0.5) is 4.39 Å². The minimum atomic E-state index is -3.72. The lowest BCUT2D eigenvalue weighted by molar-refractivity contribution is -0.122. The zero-order valence-electron chi connectivity index (χ0n) is 19.3. The molecule has 33 heavy (non-hydrogen) atoms. The average molecular weight is 477 g/mol. The number of carbonyl (C=O) groups is 1. The molecule has 1 saturated heterocycles. The van der Waals surface area contributed by atoms with E-state index in [1.165, 1.54) is 23.5 Å². The third-order valence-electron chi connectivity index (χ3n) is 5.97. The molecule has 2 aromatic rings. The van der Waals surface area contributed by atoms with E-state index in [0.717, 1.165) is 50.4 Å². The standard InChI is InChI=1S/C24H33FN4O3S/c1-27-15-17-29(18-16-27)19-23(20-7-4-3-5-8-20)26-24(30)9-6-14-28(2)33(31,32)22-12-10-21(25)11-13-22/h3-5,7-8,10-13,23H,6,9,14-19H2,1-2H3,(H,26,30). The second-order valence-corrected chi connectivity index (χ2v) is 10.6. The number of carbonyl (C=O) groups excluding carboxylic acids is 1. The molecule has 3 rings (SSSR count). The first kappa shape index (κ1) is 25.3. The summed E-state index contributed by atoms with van der Waals surface area (Å²) < 4.78 is 39.5. The van der Waals surface area contributed by atoms with Gasteiger partial charge in [0.05, 0.1) is 10.9 Å². The zero-order chi connectivity index (χ0) is 23.8. The van der Waals surface area contributed by atoms with E-state index in [-0.39, 0.29) is 29.8 Å². The monoisotopic (exact) mass is 476 g/mol. The molecule has 1 aliphatic rings. The SMILES string of the molecule is CN1CCN(CC(NC(=O)CCCN(C)S(=O)(=O)c2ccc(F)cc2)c2ccccc2)CC1. The molecule has 0 aliphatic carbocycles. The molecule has 1 amide bonds. The molecule has 0 aromatic heterocycles. The largest absolute Gasteiger partial charge is 0.348 e. The van der Waals surface area contributed by atoms with Crippen molar-refractivity contribution >= 4 is 15.9 Å². The molecule has 2 aromatic carbocycles. The van der Waals surface area contributed by atoms with E-state index < -0.39 is 15.8 Å². The highest BCUT2D eigenvalue weighted by atomic mass is 32.2. The van der Waals surface area contributed by atoms with Crippen molar-refractivity contribution in [1.82, 2.24) is 19.4 Å². The number of halogens is 1. The Hall–Kier alpha value is -2.33. The molecule has 180 valence electrons. The van der Waals surface area contributed by atoms with Gasteiger partial charge >= 0.3 is 0 Å². The summed E-state index contributed by atoms with van der Waals surface area (Å²) in [5.41, 5.74) is 1.06. The fourth-order valence-corrected chi connectivity index (χ4v) is 5.05. The number of sulfonamides is 1. The number of piperazine rings is 1. The Morgan fingerprint density at radius 2 is 1.70 bits per heavy atom. The lowest BCUT2D eigenvalue weighted by atomic mass is 10.1. The van der Waals surface area contributed by atoms with Crippen LogP contribution in [-0.2, 0) is 14.8 Å². The van der Waals surface area contributed by atoms with Crippen LogP contribution >= 0.6 is 0 Å². The zero-order valence-corrected chi connectivity index (χ0v) is 20.1. The Balaban J connectivity index is 1.53. The lowest BCUT2D eigenvalue weighted by Crippen LogP contribution is -2.47. The molecule has 1 N–H and O–H groups in total. The van der Waals surface area contributed by atoms with Crippen LogP contribution in [0.2, 0.25) is 0 Å². The Morgan fingerprint density at radius 1 is 1.06 bits per heavy atom. The molecule has 1 unspecified atom stereocenters. The maximum absolute atomic E-state index is 13.1. The van der Waals surface area contributed by atoms with E-state index >= 15 is 0 Å². The fourth-order valence-electron chi connectivity index (χ4n) is 3.84. The quantitative estimate of drug-likeness (QED) is 0.570. The first-order valence-electron chi connectivity index (χ1n) is 11.2. The number of nitrogens with one attached hydrogen (secondary N) is 1. The molecular weight excluding hydrogens is 443 g/mol. The van der Waals surface area contributed by atoms with Crippen molar-refractivity contribution in [2.24, 2.45) is 0 Å². The Kier molecular flexibility index (Phi) is 8.96. The summed E-state index contributed by atoms with van der Waals surface area (Å²) in [6.07, 6.45) is 0.605. The van der Waals surface area contributed by atoms with Crippen LogP contribution in [0.3, 0.4) is 0 Å². The third-order valence-corrected chi connectivity index (χ3v) is 7.84. The molecule has 1 aliphatic heterocycles. The number of nitrogens with zero attached hydrogens (tertiary/aromatic N) is 3. The van der Waals surface area contributed by atoms with E-state index in [9.17, 15) is 17.6 Å². The summed E-state index contributed by atoms with van der Waals surface area (Å²) in [6, 6.07) is 14.5. The van der Waals surface area contributed by atoms with E-state index in [2.05, 4.69) is 22.2 Å². The highest BCUT2D eigenvalue weighted by Gasteiger charge is 2.23. The van der Waals surface area contributed by atoms with Crippen molar-refractivity contribution in [3.63, 3.8) is 0 Å². The molecule has 0 radical (unpaired) electrons. The van der Waals surface area contributed by atoms with Crippen LogP contribution in [0.5, 0.6) is 0 Å². The number of benzene rings is 2. The molecule has 0 bridgehead atoms. The minimum Gasteiger partial charge on any atom is -0.348 e. The fraction of sp³-hybridized carbons (Fsp3) is 0.458. The normalized spacial score (nSPS) is 16.6. The van der Waals surface area contributed by atoms with E-state index in [0.29, 0.717) is 6.42 Å². The third kappa shape index (κ3) is 7.33. The van der Waals surface area contributed by atoms with E-state index in [1.807, 2.05) is 30.3 Å². The molecule has 7 nitrogen and oxygen atoms in total. The second-order valence-electron chi connectivity index (χ2n) is 8.52. The van der Waals surface area contributed by atoms with Crippen molar-refractivity contribution in [2.45, 2.75) is 23.8 Å². The minimum absolute atomic E-state index is 0.0344. The van der Waals surface area contributed by atoms with Crippen molar-refractivity contribution in [2.75, 3.05) is 53.4 Å². The maximum atomic E-state index is 13.1. The van der Waals surface area contributed by atoms with Gasteiger partial charge in [-0.15, -0.1) is 0 Å². The number of likely N-dealkylation sites (N-methyl/N-ethyl adjacent to an activating group) is 1. The van der Waals surface area contributed by atoms with Gasteiger partial charge in [0.1, 0.15) is 5.82 Å². The molecule has 1 atom stereocenters. The predicted molar refractivity (Wildman–Crippen MR) is 127 cm³/mol. The van der Waals surface area contributed by atoms with Crippen LogP contribution < -0.4 is 5.32 Å². The maximum Gasteiger partial charge on any atom is 0.242 e. The Labute approximate surface area is 196 Å². The predicted octanol–water partition coefficient (Wildman–Crippen LogP) is 2.33. The molecular formula is C24H33FN4O3S. The Morgan fingerprint density at radius 3 is 2.33 bits per heavy atom. The summed E-state index contributed by atoms with van der Waals surface area (Å²) >= 11 is 0. The highest BCUT2D eigenvalue weighted by molar-refractivity contribution is 7.89. The van der Waals surface area contributed by atoms with Gasteiger partial charge in [0.2, 0.25) is 15.9 Å². The van der Waals surface area contributed by atoms with Gasteiger partial charge in [-0.3, -0.25) is 9.69 Å². The Bertz CT molecular complexity index is 994. The van der Waals surface area contributed by atoms with Crippen molar-refractivity contribution in [1.29, 1.82) is 0 Å². The van der Waals surface area contributed by atoms with E-state index in [1.54, 1.807) is 0 Å². The van der Waals surface area contributed by atoms with Gasteiger partial charge in [-0.05, 0) is 43.3 Å². The number of hydrogen-bond donors (Lipinski definition) is 1. The van der Waals surface area contributed by atoms with Gasteiger partial charge in [0.15, 0.2) is 0 Å². The number of amides is 1. The van der Waals surface area contributed by atoms with Gasteiger partial charge in [0, 0.05) is 52.7 Å². The summed E-state index contributed by atoms with van der Waals surface area (Å²) in [5, 5.41) is 3.14. The molecule has 9 heteroatoms. The van der Waals surface area contributed by atoms with Crippen molar-refractivity contribution < 1.29 is 17.6 Å². The number of hydrogen-bond acceptors (Lipinski definition) is 5. The van der Waals surface area contributed by atoms with Crippen LogP contribution in [0.15, 0.2) is 59.5 Å². The van der Waals surface area contributed by atoms with Gasteiger partial charge in [-0.1, -0.05) is 30.3 Å². The summed E-state index contributed by atoms with van der Waals surface area (Å²) in [4.78, 5) is 17.4. The van der Waals surface area contributed by atoms with Crippen molar-refractivity contribution in [3.8, 4) is 0 Å². The average Bonchev–Trinajstić information content (AvgIpc) is 2.81. The van der Waals surface area contributed by atoms with Gasteiger partial charge < -0.3 is 10.2 Å². The van der Waals surface area contributed by atoms with Crippen LogP contribution in [-0.4, -0.2) is 81.8 Å². The van der Waals surface area contributed by atoms with Crippen LogP contribution in [0.1, 0.15) is 24.4 Å². The second kappa shape index (κ2) is 11.7. The smallest absolute Gasteiger partial charge is 0.242 e. The topological polar surface area (TPSA) is 73.0 Å². The van der Waals surface area contributed by atoms with Gasteiger partial charge in [-0.2, -0.15) is 0 Å².